The molecule has 1 aromatic heterocycles. The molecule has 0 spiro atoms. The molecule has 118 valence electrons. The van der Waals surface area contributed by atoms with E-state index in [1.54, 1.807) is 0 Å². The van der Waals surface area contributed by atoms with Crippen molar-refractivity contribution < 1.29 is 14.1 Å². The predicted molar refractivity (Wildman–Crippen MR) is 78.6 cm³/mol. The molecule has 2 heterocycles. The van der Waals surface area contributed by atoms with Crippen LogP contribution in [0.3, 0.4) is 0 Å². The van der Waals surface area contributed by atoms with Crippen molar-refractivity contribution in [3.63, 3.8) is 0 Å². The Morgan fingerprint density at radius 2 is 2.05 bits per heavy atom. The van der Waals surface area contributed by atoms with Crippen molar-refractivity contribution in [2.24, 2.45) is 11.1 Å². The van der Waals surface area contributed by atoms with Gasteiger partial charge < -0.3 is 20.3 Å². The largest absolute Gasteiger partial charge is 0.381 e. The number of hydrogen-bond acceptors (Lipinski definition) is 5. The minimum atomic E-state index is -0.492. The second-order valence-electron chi connectivity index (χ2n) is 5.52. The molecule has 0 atom stereocenters. The van der Waals surface area contributed by atoms with Crippen LogP contribution in [0, 0.1) is 5.41 Å². The highest BCUT2D eigenvalue weighted by atomic mass is 16.5. The van der Waals surface area contributed by atoms with Gasteiger partial charge in [-0.3, -0.25) is 4.79 Å². The minimum Gasteiger partial charge on any atom is -0.381 e. The second kappa shape index (κ2) is 7.04. The summed E-state index contributed by atoms with van der Waals surface area (Å²) in [6, 6.07) is 0. The van der Waals surface area contributed by atoms with Crippen LogP contribution >= 0.6 is 0 Å². The van der Waals surface area contributed by atoms with Gasteiger partial charge in [-0.1, -0.05) is 19.0 Å². The van der Waals surface area contributed by atoms with Gasteiger partial charge >= 0.3 is 0 Å². The summed E-state index contributed by atoms with van der Waals surface area (Å²) in [5.74, 6) is 0.861. The number of nitrogens with two attached hydrogens (primary N) is 1. The van der Waals surface area contributed by atoms with E-state index >= 15 is 0 Å². The molecule has 0 aliphatic carbocycles. The number of amides is 1. The SMILES string of the molecule is CCc1noc(CC)c1CNC(=O)C1(CN)CCOCC1. The Kier molecular flexibility index (Phi) is 5.36. The van der Waals surface area contributed by atoms with E-state index in [0.717, 1.165) is 29.9 Å². The number of aryl methyl sites for hydroxylation is 2. The Morgan fingerprint density at radius 1 is 1.33 bits per heavy atom. The molecule has 1 aliphatic rings. The molecule has 0 unspecified atom stereocenters. The lowest BCUT2D eigenvalue weighted by Crippen LogP contribution is -2.49. The maximum atomic E-state index is 12.5. The van der Waals surface area contributed by atoms with Crippen LogP contribution < -0.4 is 11.1 Å². The molecule has 6 nitrogen and oxygen atoms in total. The Hall–Kier alpha value is -1.40. The van der Waals surface area contributed by atoms with Crippen LogP contribution in [0.25, 0.3) is 0 Å². The van der Waals surface area contributed by atoms with Gasteiger partial charge in [0.25, 0.3) is 0 Å². The van der Waals surface area contributed by atoms with Gasteiger partial charge in [-0.2, -0.15) is 0 Å². The zero-order valence-electron chi connectivity index (χ0n) is 12.9. The Morgan fingerprint density at radius 3 is 2.62 bits per heavy atom. The maximum Gasteiger partial charge on any atom is 0.227 e. The smallest absolute Gasteiger partial charge is 0.227 e. The molecule has 0 radical (unpaired) electrons. The zero-order valence-corrected chi connectivity index (χ0v) is 12.9. The fourth-order valence-electron chi connectivity index (χ4n) is 2.78. The van der Waals surface area contributed by atoms with E-state index in [0.29, 0.717) is 39.1 Å². The van der Waals surface area contributed by atoms with Crippen LogP contribution in [-0.4, -0.2) is 30.8 Å². The lowest BCUT2D eigenvalue weighted by Gasteiger charge is -2.34. The van der Waals surface area contributed by atoms with Crippen LogP contribution in [0.15, 0.2) is 4.52 Å². The summed E-state index contributed by atoms with van der Waals surface area (Å²) in [6.07, 6.45) is 2.93. The number of nitrogens with one attached hydrogen (secondary N) is 1. The molecule has 2 rings (SSSR count). The lowest BCUT2D eigenvalue weighted by molar-refractivity contribution is -0.136. The molecule has 0 aromatic carbocycles. The van der Waals surface area contributed by atoms with Gasteiger partial charge in [-0.15, -0.1) is 0 Å². The van der Waals surface area contributed by atoms with Gasteiger partial charge in [0.2, 0.25) is 5.91 Å². The van der Waals surface area contributed by atoms with E-state index < -0.39 is 5.41 Å². The average Bonchev–Trinajstić information content (AvgIpc) is 2.95. The minimum absolute atomic E-state index is 0.0126. The number of rotatable bonds is 6. The summed E-state index contributed by atoms with van der Waals surface area (Å²) in [4.78, 5) is 12.5. The third-order valence-corrected chi connectivity index (χ3v) is 4.36. The van der Waals surface area contributed by atoms with Crippen molar-refractivity contribution in [1.29, 1.82) is 0 Å². The summed E-state index contributed by atoms with van der Waals surface area (Å²) in [5.41, 5.74) is 7.29. The molecular formula is C15H25N3O3. The molecule has 1 amide bonds. The molecule has 1 saturated heterocycles. The Labute approximate surface area is 125 Å². The number of nitrogens with zero attached hydrogens (tertiary/aromatic N) is 1. The van der Waals surface area contributed by atoms with Crippen molar-refractivity contribution in [2.45, 2.75) is 46.1 Å². The third kappa shape index (κ3) is 3.27. The van der Waals surface area contributed by atoms with E-state index in [9.17, 15) is 4.79 Å². The summed E-state index contributed by atoms with van der Waals surface area (Å²) in [7, 11) is 0. The van der Waals surface area contributed by atoms with E-state index in [1.807, 2.05) is 13.8 Å². The average molecular weight is 295 g/mol. The standard InChI is InChI=1S/C15H25N3O3/c1-3-12-11(13(4-2)21-18-12)9-17-14(19)15(10-16)5-7-20-8-6-15/h3-10,16H2,1-2H3,(H,17,19). The highest BCUT2D eigenvalue weighted by Crippen LogP contribution is 2.29. The molecule has 21 heavy (non-hydrogen) atoms. The van der Waals surface area contributed by atoms with Gasteiger partial charge in [-0.25, -0.2) is 0 Å². The Balaban J connectivity index is 2.05. The molecule has 1 aromatic rings. The normalized spacial score (nSPS) is 17.7. The second-order valence-corrected chi connectivity index (χ2v) is 5.52. The van der Waals surface area contributed by atoms with Gasteiger partial charge in [0.15, 0.2) is 0 Å². The van der Waals surface area contributed by atoms with E-state index in [4.69, 9.17) is 15.0 Å². The van der Waals surface area contributed by atoms with Crippen molar-refractivity contribution in [3.8, 4) is 0 Å². The maximum absolute atomic E-state index is 12.5. The Bertz CT molecular complexity index is 457. The fraction of sp³-hybridized carbons (Fsp3) is 0.733. The first-order valence-corrected chi connectivity index (χ1v) is 7.69. The van der Waals surface area contributed by atoms with Crippen molar-refractivity contribution >= 4 is 5.91 Å². The van der Waals surface area contributed by atoms with Crippen molar-refractivity contribution in [1.82, 2.24) is 10.5 Å². The van der Waals surface area contributed by atoms with E-state index in [2.05, 4.69) is 10.5 Å². The zero-order chi connectivity index (χ0) is 15.3. The summed E-state index contributed by atoms with van der Waals surface area (Å²) in [6.45, 7) is 6.05. The fourth-order valence-corrected chi connectivity index (χ4v) is 2.78. The number of hydrogen-bond donors (Lipinski definition) is 2. The molecular weight excluding hydrogens is 270 g/mol. The predicted octanol–water partition coefficient (Wildman–Crippen LogP) is 1.17. The van der Waals surface area contributed by atoms with Crippen LogP contribution in [0.4, 0.5) is 0 Å². The number of ether oxygens (including phenoxy) is 1. The molecule has 0 bridgehead atoms. The van der Waals surface area contributed by atoms with Crippen LogP contribution in [0.1, 0.15) is 43.7 Å². The van der Waals surface area contributed by atoms with Crippen LogP contribution in [0.5, 0.6) is 0 Å². The first-order chi connectivity index (χ1) is 10.2. The molecule has 0 saturated carbocycles. The highest BCUT2D eigenvalue weighted by Gasteiger charge is 2.38. The first kappa shape index (κ1) is 16.0. The van der Waals surface area contributed by atoms with Crippen molar-refractivity contribution in [2.75, 3.05) is 19.8 Å². The van der Waals surface area contributed by atoms with Gasteiger partial charge in [0.05, 0.1) is 11.1 Å². The highest BCUT2D eigenvalue weighted by molar-refractivity contribution is 5.83. The van der Waals surface area contributed by atoms with E-state index in [1.165, 1.54) is 0 Å². The number of carbonyl (C=O) groups is 1. The first-order valence-electron chi connectivity index (χ1n) is 7.69. The lowest BCUT2D eigenvalue weighted by atomic mass is 9.79. The van der Waals surface area contributed by atoms with Crippen molar-refractivity contribution in [3.05, 3.63) is 17.0 Å². The van der Waals surface area contributed by atoms with Gasteiger partial charge in [0.1, 0.15) is 5.76 Å². The quantitative estimate of drug-likeness (QED) is 0.822. The summed E-state index contributed by atoms with van der Waals surface area (Å²) >= 11 is 0. The van der Waals surface area contributed by atoms with Gasteiger partial charge in [-0.05, 0) is 19.3 Å². The number of aromatic nitrogens is 1. The van der Waals surface area contributed by atoms with E-state index in [-0.39, 0.29) is 5.91 Å². The molecule has 1 fully saturated rings. The van der Waals surface area contributed by atoms with Gasteiger partial charge in [0, 0.05) is 38.3 Å². The monoisotopic (exact) mass is 295 g/mol. The number of carbonyl (C=O) groups excluding carboxylic acids is 1. The topological polar surface area (TPSA) is 90.4 Å². The molecule has 3 N–H and O–H groups in total. The summed E-state index contributed by atoms with van der Waals surface area (Å²) < 4.78 is 10.7. The van der Waals surface area contributed by atoms with Crippen LogP contribution in [0.2, 0.25) is 0 Å². The van der Waals surface area contributed by atoms with Crippen LogP contribution in [-0.2, 0) is 28.9 Å². The summed E-state index contributed by atoms with van der Waals surface area (Å²) in [5, 5.41) is 7.08. The molecule has 6 heteroatoms. The third-order valence-electron chi connectivity index (χ3n) is 4.36. The molecule has 1 aliphatic heterocycles.